The van der Waals surface area contributed by atoms with Crippen molar-refractivity contribution in [2.45, 2.75) is 66.3 Å². The minimum atomic E-state index is -0.185. The van der Waals surface area contributed by atoms with E-state index >= 15 is 0 Å². The quantitative estimate of drug-likeness (QED) is 0.606. The van der Waals surface area contributed by atoms with Crippen molar-refractivity contribution >= 4 is 16.8 Å². The summed E-state index contributed by atoms with van der Waals surface area (Å²) in [6.07, 6.45) is -0.185. The zero-order chi connectivity index (χ0) is 23.7. The summed E-state index contributed by atoms with van der Waals surface area (Å²) in [4.78, 5) is 20.2. The largest absolute Gasteiger partial charge is 0.369 e. The van der Waals surface area contributed by atoms with Gasteiger partial charge < -0.3 is 10.1 Å². The Morgan fingerprint density at radius 3 is 2.67 bits per heavy atom. The average Bonchev–Trinajstić information content (AvgIpc) is 3.06. The Bertz CT molecular complexity index is 1150. The number of ether oxygens (including phenoxy) is 1. The van der Waals surface area contributed by atoms with Gasteiger partial charge in [-0.2, -0.15) is 5.10 Å². The summed E-state index contributed by atoms with van der Waals surface area (Å²) in [6, 6.07) is 10.1. The number of nitrogens with zero attached hydrogens (tertiary/aromatic N) is 4. The molecular formula is C26H35N5O2. The summed E-state index contributed by atoms with van der Waals surface area (Å²) in [5.41, 5.74) is 5.86. The highest BCUT2D eigenvalue weighted by molar-refractivity contribution is 6.06. The number of rotatable bonds is 6. The number of aryl methyl sites for hydroxylation is 1. The molecule has 33 heavy (non-hydrogen) atoms. The van der Waals surface area contributed by atoms with Crippen LogP contribution >= 0.6 is 0 Å². The lowest BCUT2D eigenvalue weighted by molar-refractivity contribution is -0.0349. The molecule has 0 unspecified atom stereocenters. The molecule has 0 saturated carbocycles. The molecule has 1 atom stereocenters. The molecule has 3 aromatic rings. The van der Waals surface area contributed by atoms with E-state index in [2.05, 4.69) is 42.6 Å². The molecule has 1 amide bonds. The molecule has 1 N–H and O–H groups in total. The molecule has 176 valence electrons. The number of morpholine rings is 1. The molecule has 2 aromatic heterocycles. The number of para-hydroxylation sites is 1. The molecule has 0 bridgehead atoms. The zero-order valence-electron chi connectivity index (χ0n) is 20.6. The Morgan fingerprint density at radius 1 is 1.21 bits per heavy atom. The van der Waals surface area contributed by atoms with E-state index in [0.717, 1.165) is 41.9 Å². The number of pyridine rings is 1. The van der Waals surface area contributed by atoms with Gasteiger partial charge >= 0.3 is 0 Å². The lowest BCUT2D eigenvalue weighted by Crippen LogP contribution is -2.38. The van der Waals surface area contributed by atoms with E-state index in [9.17, 15) is 4.79 Å². The van der Waals surface area contributed by atoms with E-state index in [1.807, 2.05) is 44.2 Å². The topological polar surface area (TPSA) is 72.3 Å². The summed E-state index contributed by atoms with van der Waals surface area (Å²) in [7, 11) is 0. The van der Waals surface area contributed by atoms with Crippen LogP contribution < -0.4 is 5.32 Å². The maximum absolute atomic E-state index is 12.9. The molecule has 1 aliphatic rings. The predicted octanol–water partition coefficient (Wildman–Crippen LogP) is 4.34. The molecule has 1 saturated heterocycles. The summed E-state index contributed by atoms with van der Waals surface area (Å²) in [5, 5.41) is 8.62. The first-order chi connectivity index (χ1) is 15.7. The third-order valence-electron chi connectivity index (χ3n) is 6.23. The van der Waals surface area contributed by atoms with Crippen molar-refractivity contribution in [2.75, 3.05) is 19.7 Å². The Labute approximate surface area is 196 Å². The van der Waals surface area contributed by atoms with Crippen LogP contribution in [0, 0.1) is 13.8 Å². The van der Waals surface area contributed by atoms with Crippen LogP contribution in [0.5, 0.6) is 0 Å². The van der Waals surface area contributed by atoms with Crippen LogP contribution in [-0.4, -0.2) is 51.3 Å². The van der Waals surface area contributed by atoms with Gasteiger partial charge in [0, 0.05) is 48.4 Å². The van der Waals surface area contributed by atoms with Gasteiger partial charge in [-0.1, -0.05) is 18.2 Å². The summed E-state index contributed by atoms with van der Waals surface area (Å²) in [5.74, 6) is -0.0788. The number of aromatic nitrogens is 3. The summed E-state index contributed by atoms with van der Waals surface area (Å²) in [6.45, 7) is 15.5. The van der Waals surface area contributed by atoms with Crippen LogP contribution in [0.3, 0.4) is 0 Å². The third kappa shape index (κ3) is 4.94. The van der Waals surface area contributed by atoms with Crippen molar-refractivity contribution in [1.29, 1.82) is 0 Å². The average molecular weight is 450 g/mol. The number of nitrogens with one attached hydrogen (secondary N) is 1. The fraction of sp³-hybridized carbons (Fsp3) is 0.500. The second-order valence-corrected chi connectivity index (χ2v) is 9.52. The number of hydrogen-bond acceptors (Lipinski definition) is 5. The van der Waals surface area contributed by atoms with Crippen molar-refractivity contribution in [3.63, 3.8) is 0 Å². The van der Waals surface area contributed by atoms with Gasteiger partial charge in [-0.3, -0.25) is 14.4 Å². The number of fused-ring (bicyclic) bond motifs is 1. The number of hydrogen-bond donors (Lipinski definition) is 1. The van der Waals surface area contributed by atoms with Crippen LogP contribution in [-0.2, 0) is 11.3 Å². The molecule has 4 rings (SSSR count). The molecule has 1 fully saturated rings. The van der Waals surface area contributed by atoms with Crippen molar-refractivity contribution in [3.8, 4) is 0 Å². The highest BCUT2D eigenvalue weighted by Gasteiger charge is 2.27. The highest BCUT2D eigenvalue weighted by atomic mass is 16.5. The molecule has 0 aliphatic carbocycles. The summed E-state index contributed by atoms with van der Waals surface area (Å²) >= 11 is 0. The van der Waals surface area contributed by atoms with Gasteiger partial charge in [-0.25, -0.2) is 4.98 Å². The van der Waals surface area contributed by atoms with Gasteiger partial charge in [0.2, 0.25) is 0 Å². The lowest BCUT2D eigenvalue weighted by Gasteiger charge is -2.33. The van der Waals surface area contributed by atoms with E-state index in [4.69, 9.17) is 14.8 Å². The Kier molecular flexibility index (Phi) is 6.81. The molecule has 1 aliphatic heterocycles. The van der Waals surface area contributed by atoms with Crippen molar-refractivity contribution in [1.82, 2.24) is 25.0 Å². The lowest BCUT2D eigenvalue weighted by atomic mass is 10.0. The van der Waals surface area contributed by atoms with E-state index in [1.165, 1.54) is 11.3 Å². The minimum absolute atomic E-state index is 0.0625. The highest BCUT2D eigenvalue weighted by Crippen LogP contribution is 2.28. The summed E-state index contributed by atoms with van der Waals surface area (Å²) < 4.78 is 8.25. The van der Waals surface area contributed by atoms with E-state index in [1.54, 1.807) is 0 Å². The number of carbonyl (C=O) groups excluding carboxylic acids is 1. The molecule has 0 spiro atoms. The SMILES string of the molecule is Cc1nn(C(C)C)c(C)c1CN1CCO[C@H](c2cc(C(=O)NC(C)C)c3ccccc3n2)C1. The fourth-order valence-electron chi connectivity index (χ4n) is 4.57. The zero-order valence-corrected chi connectivity index (χ0v) is 20.6. The first-order valence-electron chi connectivity index (χ1n) is 11.8. The maximum Gasteiger partial charge on any atom is 0.252 e. The van der Waals surface area contributed by atoms with Crippen LogP contribution in [0.4, 0.5) is 0 Å². The van der Waals surface area contributed by atoms with Crippen molar-refractivity contribution in [2.24, 2.45) is 0 Å². The van der Waals surface area contributed by atoms with E-state index in [0.29, 0.717) is 18.2 Å². The standard InChI is InChI=1S/C26H35N5O2/c1-16(2)27-26(32)21-13-24(28-23-10-8-7-9-20(21)23)25-15-30(11-12-33-25)14-22-18(5)29-31(17(3)4)19(22)6/h7-10,13,16-17,25H,11-12,14-15H2,1-6H3,(H,27,32)/t25-/m0/s1. The van der Waals surface area contributed by atoms with Crippen LogP contribution in [0.15, 0.2) is 30.3 Å². The maximum atomic E-state index is 12.9. The monoisotopic (exact) mass is 449 g/mol. The molecular weight excluding hydrogens is 414 g/mol. The second-order valence-electron chi connectivity index (χ2n) is 9.52. The number of benzene rings is 1. The molecule has 1 aromatic carbocycles. The smallest absolute Gasteiger partial charge is 0.252 e. The van der Waals surface area contributed by atoms with Gasteiger partial charge in [-0.05, 0) is 53.7 Å². The fourth-order valence-corrected chi connectivity index (χ4v) is 4.57. The normalized spacial score (nSPS) is 17.3. The van der Waals surface area contributed by atoms with E-state index in [-0.39, 0.29) is 18.1 Å². The van der Waals surface area contributed by atoms with Gasteiger partial charge in [0.1, 0.15) is 6.10 Å². The van der Waals surface area contributed by atoms with Gasteiger partial charge in [0.05, 0.1) is 29.1 Å². The van der Waals surface area contributed by atoms with Gasteiger partial charge in [0.15, 0.2) is 0 Å². The van der Waals surface area contributed by atoms with Crippen LogP contribution in [0.2, 0.25) is 0 Å². The molecule has 7 heteroatoms. The van der Waals surface area contributed by atoms with Gasteiger partial charge in [-0.15, -0.1) is 0 Å². The molecule has 7 nitrogen and oxygen atoms in total. The predicted molar refractivity (Wildman–Crippen MR) is 130 cm³/mol. The van der Waals surface area contributed by atoms with E-state index < -0.39 is 0 Å². The Balaban J connectivity index is 1.61. The van der Waals surface area contributed by atoms with Gasteiger partial charge in [0.25, 0.3) is 5.91 Å². The first kappa shape index (κ1) is 23.4. The van der Waals surface area contributed by atoms with Crippen LogP contribution in [0.25, 0.3) is 10.9 Å². The number of amides is 1. The van der Waals surface area contributed by atoms with Crippen molar-refractivity contribution < 1.29 is 9.53 Å². The minimum Gasteiger partial charge on any atom is -0.369 e. The first-order valence-corrected chi connectivity index (χ1v) is 11.8. The second kappa shape index (κ2) is 9.61. The molecule has 0 radical (unpaired) electrons. The Hall–Kier alpha value is -2.77. The van der Waals surface area contributed by atoms with Crippen LogP contribution in [0.1, 0.15) is 72.8 Å². The third-order valence-corrected chi connectivity index (χ3v) is 6.23. The Morgan fingerprint density at radius 2 is 1.97 bits per heavy atom. The van der Waals surface area contributed by atoms with Crippen molar-refractivity contribution in [3.05, 3.63) is 58.5 Å². The number of carbonyl (C=O) groups is 1. The molecule has 3 heterocycles.